The largest absolute Gasteiger partial charge is 0.497 e. The Bertz CT molecular complexity index is 1190. The first-order valence-corrected chi connectivity index (χ1v) is 12.3. The van der Waals surface area contributed by atoms with Crippen LogP contribution in [0, 0.1) is 13.8 Å². The van der Waals surface area contributed by atoms with E-state index in [0.29, 0.717) is 11.2 Å². The molecule has 0 spiro atoms. The van der Waals surface area contributed by atoms with Gasteiger partial charge in [-0.3, -0.25) is 4.98 Å². The van der Waals surface area contributed by atoms with Crippen LogP contribution < -0.4 is 19.7 Å². The topological polar surface area (TPSA) is 51.5 Å². The summed E-state index contributed by atoms with van der Waals surface area (Å²) in [6.07, 6.45) is 6.94. The van der Waals surface area contributed by atoms with E-state index < -0.39 is 0 Å². The van der Waals surface area contributed by atoms with Crippen molar-refractivity contribution in [1.29, 1.82) is 0 Å². The Balaban J connectivity index is 1.67. The van der Waals surface area contributed by atoms with Crippen molar-refractivity contribution < 1.29 is 9.47 Å². The molecule has 3 heterocycles. The summed E-state index contributed by atoms with van der Waals surface area (Å²) in [6, 6.07) is 14.7. The van der Waals surface area contributed by atoms with Crippen molar-refractivity contribution in [3.63, 3.8) is 0 Å². The third-order valence-electron chi connectivity index (χ3n) is 7.28. The van der Waals surface area contributed by atoms with Crippen LogP contribution in [0.25, 0.3) is 0 Å². The van der Waals surface area contributed by atoms with Gasteiger partial charge in [0, 0.05) is 29.7 Å². The number of rotatable bonds is 6. The molecule has 34 heavy (non-hydrogen) atoms. The molecule has 2 fully saturated rings. The quantitative estimate of drug-likeness (QED) is 0.453. The highest BCUT2D eigenvalue weighted by Crippen LogP contribution is 2.47. The third kappa shape index (κ3) is 3.82. The maximum Gasteiger partial charge on any atom is 0.174 e. The molecule has 6 nitrogen and oxygen atoms in total. The van der Waals surface area contributed by atoms with E-state index >= 15 is 0 Å². The lowest BCUT2D eigenvalue weighted by Crippen LogP contribution is -2.30. The molecule has 1 aliphatic heterocycles. The Kier molecular flexibility index (Phi) is 6.21. The van der Waals surface area contributed by atoms with E-state index in [0.717, 1.165) is 22.9 Å². The number of nitrogens with one attached hydrogen (secondary N) is 1. The zero-order valence-corrected chi connectivity index (χ0v) is 21.1. The van der Waals surface area contributed by atoms with Gasteiger partial charge in [-0.1, -0.05) is 18.9 Å². The van der Waals surface area contributed by atoms with Gasteiger partial charge in [0.1, 0.15) is 11.5 Å². The van der Waals surface area contributed by atoms with Crippen molar-refractivity contribution >= 4 is 23.0 Å². The van der Waals surface area contributed by atoms with Gasteiger partial charge in [0.05, 0.1) is 37.7 Å². The number of hydrogen-bond donors (Lipinski definition) is 1. The first-order chi connectivity index (χ1) is 16.5. The monoisotopic (exact) mass is 476 g/mol. The van der Waals surface area contributed by atoms with Crippen LogP contribution in [-0.2, 0) is 0 Å². The number of ether oxygens (including phenoxy) is 2. The first kappa shape index (κ1) is 22.7. The molecular formula is C27H32N4O2S. The fraction of sp³-hybridized carbons (Fsp3) is 0.407. The molecule has 0 unspecified atom stereocenters. The fourth-order valence-electron chi connectivity index (χ4n) is 5.74. The van der Waals surface area contributed by atoms with Crippen LogP contribution >= 0.6 is 12.2 Å². The lowest BCUT2D eigenvalue weighted by atomic mass is 9.96. The summed E-state index contributed by atoms with van der Waals surface area (Å²) in [5.74, 6) is 1.47. The van der Waals surface area contributed by atoms with Crippen LogP contribution in [0.4, 0.5) is 5.69 Å². The number of nitrogens with zero attached hydrogens (tertiary/aromatic N) is 3. The zero-order chi connectivity index (χ0) is 23.8. The molecule has 1 saturated heterocycles. The lowest BCUT2D eigenvalue weighted by Gasteiger charge is -2.29. The summed E-state index contributed by atoms with van der Waals surface area (Å²) >= 11 is 5.93. The second-order valence-corrected chi connectivity index (χ2v) is 9.56. The standard InChI is InChI=1S/C27H32N4O2S/c1-17-15-21(18(2)30(17)19-9-5-6-10-19)26-25(22-11-7-8-14-28-22)29-27(34)31(26)23-13-12-20(32-3)16-24(23)33-4/h7-8,11-16,19,25-26H,5-6,9-10H2,1-4H3,(H,29,34)/t25-,26-/m0/s1. The van der Waals surface area contributed by atoms with Gasteiger partial charge < -0.3 is 24.3 Å². The van der Waals surface area contributed by atoms with Crippen molar-refractivity contribution in [3.8, 4) is 11.5 Å². The predicted molar refractivity (Wildman–Crippen MR) is 139 cm³/mol. The number of anilines is 1. The highest BCUT2D eigenvalue weighted by Gasteiger charge is 2.43. The minimum Gasteiger partial charge on any atom is -0.497 e. The van der Waals surface area contributed by atoms with Crippen molar-refractivity contribution in [2.45, 2.75) is 57.7 Å². The summed E-state index contributed by atoms with van der Waals surface area (Å²) in [5.41, 5.74) is 5.76. The SMILES string of the molecule is COc1ccc(N2C(=S)N[C@@H](c3ccccn3)[C@@H]2c2cc(C)n(C3CCCC3)c2C)c(OC)c1. The fourth-order valence-corrected chi connectivity index (χ4v) is 6.08. The van der Waals surface area contributed by atoms with Crippen LogP contribution in [0.5, 0.6) is 11.5 Å². The summed E-state index contributed by atoms with van der Waals surface area (Å²) in [4.78, 5) is 6.89. The van der Waals surface area contributed by atoms with Crippen molar-refractivity contribution in [2.24, 2.45) is 0 Å². The third-order valence-corrected chi connectivity index (χ3v) is 7.59. The highest BCUT2D eigenvalue weighted by atomic mass is 32.1. The molecule has 1 N–H and O–H groups in total. The van der Waals surface area contributed by atoms with E-state index in [1.54, 1.807) is 14.2 Å². The van der Waals surface area contributed by atoms with E-state index in [4.69, 9.17) is 26.7 Å². The van der Waals surface area contributed by atoms with E-state index in [9.17, 15) is 0 Å². The van der Waals surface area contributed by atoms with Gasteiger partial charge in [0.25, 0.3) is 0 Å². The number of pyridine rings is 1. The molecule has 7 heteroatoms. The van der Waals surface area contributed by atoms with Gasteiger partial charge in [-0.05, 0) is 74.8 Å². The molecule has 0 bridgehead atoms. The maximum absolute atomic E-state index is 5.93. The normalized spacial score (nSPS) is 20.6. The Morgan fingerprint density at radius 2 is 1.82 bits per heavy atom. The maximum atomic E-state index is 5.93. The second-order valence-electron chi connectivity index (χ2n) is 9.17. The number of aryl methyl sites for hydroxylation is 1. The molecule has 178 valence electrons. The minimum absolute atomic E-state index is 0.0638. The van der Waals surface area contributed by atoms with E-state index in [-0.39, 0.29) is 12.1 Å². The average molecular weight is 477 g/mol. The van der Waals surface area contributed by atoms with Gasteiger partial charge >= 0.3 is 0 Å². The van der Waals surface area contributed by atoms with E-state index in [2.05, 4.69) is 40.8 Å². The number of aromatic nitrogens is 2. The molecule has 5 rings (SSSR count). The van der Waals surface area contributed by atoms with Gasteiger partial charge in [-0.25, -0.2) is 0 Å². The predicted octanol–water partition coefficient (Wildman–Crippen LogP) is 5.81. The Morgan fingerprint density at radius 1 is 1.03 bits per heavy atom. The van der Waals surface area contributed by atoms with Crippen LogP contribution in [0.2, 0.25) is 0 Å². The van der Waals surface area contributed by atoms with Crippen molar-refractivity contribution in [3.05, 3.63) is 71.3 Å². The molecule has 1 aliphatic carbocycles. The van der Waals surface area contributed by atoms with Crippen LogP contribution in [-0.4, -0.2) is 28.9 Å². The molecule has 2 aromatic heterocycles. The highest BCUT2D eigenvalue weighted by molar-refractivity contribution is 7.80. The zero-order valence-electron chi connectivity index (χ0n) is 20.2. The number of thiocarbonyl (C=S) groups is 1. The Hall–Kier alpha value is -3.06. The first-order valence-electron chi connectivity index (χ1n) is 11.9. The van der Waals surface area contributed by atoms with Gasteiger partial charge in [0.2, 0.25) is 0 Å². The Labute approximate surface area is 206 Å². The Morgan fingerprint density at radius 3 is 2.50 bits per heavy atom. The van der Waals surface area contributed by atoms with E-state index in [1.807, 2.05) is 36.5 Å². The number of benzene rings is 1. The molecule has 2 atom stereocenters. The molecular weight excluding hydrogens is 444 g/mol. The lowest BCUT2D eigenvalue weighted by molar-refractivity contribution is 0.394. The minimum atomic E-state index is -0.0852. The molecule has 1 aromatic carbocycles. The molecule has 0 amide bonds. The smallest absolute Gasteiger partial charge is 0.174 e. The van der Waals surface area contributed by atoms with Gasteiger partial charge in [-0.2, -0.15) is 0 Å². The van der Waals surface area contributed by atoms with Crippen molar-refractivity contribution in [1.82, 2.24) is 14.9 Å². The molecule has 3 aromatic rings. The summed E-state index contributed by atoms with van der Waals surface area (Å²) in [7, 11) is 3.34. The number of methoxy groups -OCH3 is 2. The number of hydrogen-bond acceptors (Lipinski definition) is 4. The molecule has 1 saturated carbocycles. The molecule has 0 radical (unpaired) electrons. The molecule has 2 aliphatic rings. The van der Waals surface area contributed by atoms with Crippen molar-refractivity contribution in [2.75, 3.05) is 19.1 Å². The van der Waals surface area contributed by atoms with Crippen LogP contribution in [0.1, 0.15) is 66.5 Å². The summed E-state index contributed by atoms with van der Waals surface area (Å²) in [5, 5.41) is 4.23. The van der Waals surface area contributed by atoms with Crippen LogP contribution in [0.3, 0.4) is 0 Å². The average Bonchev–Trinajstić information content (AvgIpc) is 3.57. The summed E-state index contributed by atoms with van der Waals surface area (Å²) in [6.45, 7) is 4.48. The second kappa shape index (κ2) is 9.29. The van der Waals surface area contributed by atoms with Gasteiger partial charge in [-0.15, -0.1) is 0 Å². The van der Waals surface area contributed by atoms with Gasteiger partial charge in [0.15, 0.2) is 5.11 Å². The van der Waals surface area contributed by atoms with E-state index in [1.165, 1.54) is 42.6 Å². The summed E-state index contributed by atoms with van der Waals surface area (Å²) < 4.78 is 13.8. The van der Waals surface area contributed by atoms with Crippen LogP contribution in [0.15, 0.2) is 48.7 Å².